The lowest BCUT2D eigenvalue weighted by Gasteiger charge is -2.31. The number of nitrogen functional groups attached to an aromatic ring is 1. The first-order valence-electron chi connectivity index (χ1n) is 13.9. The van der Waals surface area contributed by atoms with Crippen LogP contribution >= 0.6 is 0 Å². The Morgan fingerprint density at radius 1 is 1.02 bits per heavy atom. The van der Waals surface area contributed by atoms with Crippen LogP contribution in [0.2, 0.25) is 0 Å². The number of para-hydroxylation sites is 1. The molecule has 3 aromatic carbocycles. The highest BCUT2D eigenvalue weighted by Crippen LogP contribution is 2.30. The molecule has 0 bridgehead atoms. The van der Waals surface area contributed by atoms with Crippen LogP contribution in [0.15, 0.2) is 83.9 Å². The first kappa shape index (κ1) is 28.5. The van der Waals surface area contributed by atoms with Crippen molar-refractivity contribution >= 4 is 49.3 Å². The van der Waals surface area contributed by atoms with E-state index < -0.39 is 10.0 Å². The predicted octanol–water partition coefficient (Wildman–Crippen LogP) is 3.16. The maximum Gasteiger partial charge on any atom is 0.266 e. The number of aromatic nitrogens is 3. The molecule has 1 aliphatic rings. The number of aryl methyl sites for hydroxylation is 1. The quantitative estimate of drug-likeness (QED) is 0.150. The Balaban J connectivity index is 1.40. The summed E-state index contributed by atoms with van der Waals surface area (Å²) < 4.78 is 37.2. The molecule has 220 valence electrons. The minimum Gasteiger partial charge on any atom is -0.384 e. The van der Waals surface area contributed by atoms with Crippen LogP contribution in [0.4, 0.5) is 5.69 Å². The van der Waals surface area contributed by atoms with Crippen molar-refractivity contribution in [3.05, 3.63) is 95.9 Å². The highest BCUT2D eigenvalue weighted by molar-refractivity contribution is 7.93. The molecule has 3 heterocycles. The molecular weight excluding hydrogens is 566 g/mol. The van der Waals surface area contributed by atoms with Crippen molar-refractivity contribution in [2.75, 3.05) is 43.7 Å². The molecule has 5 aromatic rings. The highest BCUT2D eigenvalue weighted by Gasteiger charge is 2.29. The van der Waals surface area contributed by atoms with E-state index in [0.29, 0.717) is 53.1 Å². The number of nitrogens with two attached hydrogens (primary N) is 1. The topological polar surface area (TPSA) is 148 Å². The number of pyridine rings is 1. The van der Waals surface area contributed by atoms with Crippen LogP contribution in [-0.2, 0) is 21.8 Å². The van der Waals surface area contributed by atoms with Crippen LogP contribution in [-0.4, -0.2) is 78.9 Å². The van der Waals surface area contributed by atoms with E-state index in [2.05, 4.69) is 14.9 Å². The van der Waals surface area contributed by atoms with Crippen LogP contribution < -0.4 is 10.0 Å². The van der Waals surface area contributed by atoms with Gasteiger partial charge in [-0.25, -0.2) is 13.4 Å². The molecule has 43 heavy (non-hydrogen) atoms. The number of amidine groups is 1. The monoisotopic (exact) mass is 597 g/mol. The standard InChI is InChI=1S/C31H31N7O4S/c1-36-26-12-11-24(20-25(26)35-31(36)29(39)22-7-9-23(10-8-22)30(32)33)38(15-14-37-16-18-42-19-17-37)43(40,41)27-6-2-4-21-5-3-13-34-28(21)27/h2-13,20H,14-19H2,1H3,(H3,32,33). The number of hydrogen-bond acceptors (Lipinski definition) is 8. The Labute approximate surface area is 249 Å². The number of imidazole rings is 1. The van der Waals surface area contributed by atoms with E-state index in [4.69, 9.17) is 15.9 Å². The number of morpholine rings is 1. The molecule has 1 aliphatic heterocycles. The maximum absolute atomic E-state index is 14.3. The fourth-order valence-corrected chi connectivity index (χ4v) is 6.94. The van der Waals surface area contributed by atoms with Gasteiger partial charge in [0, 0.05) is 55.9 Å². The van der Waals surface area contributed by atoms with Crippen LogP contribution in [0.25, 0.3) is 21.9 Å². The van der Waals surface area contributed by atoms with Crippen LogP contribution in [0.3, 0.4) is 0 Å². The van der Waals surface area contributed by atoms with Crippen molar-refractivity contribution in [3.63, 3.8) is 0 Å². The van der Waals surface area contributed by atoms with E-state index >= 15 is 0 Å². The van der Waals surface area contributed by atoms with Crippen molar-refractivity contribution in [1.29, 1.82) is 5.41 Å². The van der Waals surface area contributed by atoms with Gasteiger partial charge >= 0.3 is 0 Å². The van der Waals surface area contributed by atoms with Gasteiger partial charge in [-0.2, -0.15) is 0 Å². The fourth-order valence-electron chi connectivity index (χ4n) is 5.32. The van der Waals surface area contributed by atoms with Gasteiger partial charge in [0.15, 0.2) is 5.82 Å². The molecule has 6 rings (SSSR count). The van der Waals surface area contributed by atoms with Crippen LogP contribution in [0.1, 0.15) is 21.7 Å². The molecule has 1 fully saturated rings. The van der Waals surface area contributed by atoms with Crippen molar-refractivity contribution in [2.24, 2.45) is 12.8 Å². The second-order valence-electron chi connectivity index (χ2n) is 10.4. The van der Waals surface area contributed by atoms with Gasteiger partial charge in [-0.1, -0.05) is 42.5 Å². The van der Waals surface area contributed by atoms with Crippen molar-refractivity contribution in [1.82, 2.24) is 19.4 Å². The summed E-state index contributed by atoms with van der Waals surface area (Å²) in [5, 5.41) is 8.32. The number of carbonyl (C=O) groups excluding carboxylic acids is 1. The van der Waals surface area contributed by atoms with Gasteiger partial charge in [0.1, 0.15) is 10.7 Å². The van der Waals surface area contributed by atoms with Crippen LogP contribution in [0, 0.1) is 5.41 Å². The number of ketones is 1. The molecule has 3 N–H and O–H groups in total. The third-order valence-electron chi connectivity index (χ3n) is 7.70. The van der Waals surface area contributed by atoms with Gasteiger partial charge in [-0.05, 0) is 30.3 Å². The lowest BCUT2D eigenvalue weighted by molar-refractivity contribution is 0.0395. The van der Waals surface area contributed by atoms with Gasteiger partial charge < -0.3 is 15.0 Å². The Hall–Kier alpha value is -4.65. The number of benzene rings is 3. The van der Waals surface area contributed by atoms with E-state index in [-0.39, 0.29) is 28.9 Å². The summed E-state index contributed by atoms with van der Waals surface area (Å²) in [6, 6.07) is 20.5. The lowest BCUT2D eigenvalue weighted by atomic mass is 10.1. The number of fused-ring (bicyclic) bond motifs is 2. The zero-order chi connectivity index (χ0) is 30.1. The molecule has 2 aromatic heterocycles. The minimum atomic E-state index is -4.04. The van der Waals surface area contributed by atoms with Gasteiger partial charge in [0.05, 0.1) is 35.5 Å². The number of anilines is 1. The number of carbonyl (C=O) groups is 1. The van der Waals surface area contributed by atoms with Gasteiger partial charge in [0.2, 0.25) is 5.78 Å². The number of hydrogen-bond donors (Lipinski definition) is 2. The molecule has 0 aliphatic carbocycles. The summed E-state index contributed by atoms with van der Waals surface area (Å²) in [5.74, 6) is -0.167. The number of nitrogens with one attached hydrogen (secondary N) is 1. The van der Waals surface area contributed by atoms with Crippen molar-refractivity contribution in [3.8, 4) is 0 Å². The third-order valence-corrected chi connectivity index (χ3v) is 9.56. The van der Waals surface area contributed by atoms with Gasteiger partial charge in [-0.15, -0.1) is 0 Å². The molecule has 12 heteroatoms. The SMILES string of the molecule is Cn1c(C(=O)c2ccc(C(=N)N)cc2)nc2cc(N(CCN3CCOCC3)S(=O)(=O)c3cccc4cccnc34)ccc21. The van der Waals surface area contributed by atoms with E-state index in [1.54, 1.807) is 78.5 Å². The van der Waals surface area contributed by atoms with E-state index in [1.165, 1.54) is 4.31 Å². The highest BCUT2D eigenvalue weighted by atomic mass is 32.2. The van der Waals surface area contributed by atoms with E-state index in [1.807, 2.05) is 12.1 Å². The Morgan fingerprint density at radius 3 is 2.49 bits per heavy atom. The molecule has 0 amide bonds. The first-order chi connectivity index (χ1) is 20.7. The average molecular weight is 598 g/mol. The van der Waals surface area contributed by atoms with E-state index in [0.717, 1.165) is 18.5 Å². The zero-order valence-corrected chi connectivity index (χ0v) is 24.4. The maximum atomic E-state index is 14.3. The molecule has 0 unspecified atom stereocenters. The Morgan fingerprint density at radius 2 is 1.74 bits per heavy atom. The normalized spacial score (nSPS) is 14.3. The summed E-state index contributed by atoms with van der Waals surface area (Å²) in [7, 11) is -2.29. The molecule has 0 atom stereocenters. The molecule has 0 spiro atoms. The summed E-state index contributed by atoms with van der Waals surface area (Å²) >= 11 is 0. The minimum absolute atomic E-state index is 0.0818. The molecule has 11 nitrogen and oxygen atoms in total. The Bertz CT molecular complexity index is 1940. The lowest BCUT2D eigenvalue weighted by Crippen LogP contribution is -2.43. The molecule has 0 saturated carbocycles. The number of ether oxygens (including phenoxy) is 1. The van der Waals surface area contributed by atoms with E-state index in [9.17, 15) is 13.2 Å². The average Bonchev–Trinajstić information content (AvgIpc) is 3.36. The van der Waals surface area contributed by atoms with Gasteiger partial charge in [0.25, 0.3) is 10.0 Å². The molecular formula is C31H31N7O4S. The summed E-state index contributed by atoms with van der Waals surface area (Å²) in [6.07, 6.45) is 1.59. The first-order valence-corrected chi connectivity index (χ1v) is 15.3. The second kappa shape index (κ2) is 11.6. The number of sulfonamides is 1. The molecule has 0 radical (unpaired) electrons. The smallest absolute Gasteiger partial charge is 0.266 e. The zero-order valence-electron chi connectivity index (χ0n) is 23.6. The summed E-state index contributed by atoms with van der Waals surface area (Å²) in [5.41, 5.74) is 8.50. The van der Waals surface area contributed by atoms with Crippen LogP contribution in [0.5, 0.6) is 0 Å². The number of rotatable bonds is 9. The molecule has 1 saturated heterocycles. The summed E-state index contributed by atoms with van der Waals surface area (Å²) in [4.78, 5) is 24.7. The summed E-state index contributed by atoms with van der Waals surface area (Å²) in [6.45, 7) is 3.38. The largest absolute Gasteiger partial charge is 0.384 e. The number of nitrogens with zero attached hydrogens (tertiary/aromatic N) is 5. The van der Waals surface area contributed by atoms with Gasteiger partial charge in [-0.3, -0.25) is 24.4 Å². The van der Waals surface area contributed by atoms with Crippen molar-refractivity contribution in [2.45, 2.75) is 4.90 Å². The van der Waals surface area contributed by atoms with Crippen molar-refractivity contribution < 1.29 is 17.9 Å². The predicted molar refractivity (Wildman–Crippen MR) is 165 cm³/mol. The fraction of sp³-hybridized carbons (Fsp3) is 0.226. The third kappa shape index (κ3) is 5.47. The Kier molecular flexibility index (Phi) is 7.65. The second-order valence-corrected chi connectivity index (χ2v) is 12.2.